The maximum Gasteiger partial charge on any atom is 0.146 e. The summed E-state index contributed by atoms with van der Waals surface area (Å²) in [6.07, 6.45) is 0. The fourth-order valence-electron chi connectivity index (χ4n) is 1.51. The Labute approximate surface area is 111 Å². The van der Waals surface area contributed by atoms with E-state index in [2.05, 4.69) is 21.2 Å². The molecule has 1 unspecified atom stereocenters. The molecular weight excluding hydrogens is 305 g/mol. The summed E-state index contributed by atoms with van der Waals surface area (Å²) in [6, 6.07) is 8.03. The molecule has 0 aliphatic carbocycles. The molecule has 0 radical (unpaired) electrons. The maximum absolute atomic E-state index is 13.5. The standard InChI is InChI=1S/C12H11BrFNOS/c13-8-5-6-17-12(8)11(7-16)15-10-4-2-1-3-9(10)14/h1-6,11,15-16H,7H2. The Morgan fingerprint density at radius 3 is 2.71 bits per heavy atom. The average Bonchev–Trinajstić information content (AvgIpc) is 2.75. The van der Waals surface area contributed by atoms with Crippen molar-refractivity contribution in [3.05, 3.63) is 50.9 Å². The van der Waals surface area contributed by atoms with Gasteiger partial charge in [0.1, 0.15) is 5.82 Å². The van der Waals surface area contributed by atoms with Gasteiger partial charge in [-0.1, -0.05) is 12.1 Å². The first-order valence-electron chi connectivity index (χ1n) is 5.07. The summed E-state index contributed by atoms with van der Waals surface area (Å²) < 4.78 is 14.4. The highest BCUT2D eigenvalue weighted by Gasteiger charge is 2.16. The molecule has 0 fully saturated rings. The number of aliphatic hydroxyl groups excluding tert-OH is 1. The largest absolute Gasteiger partial charge is 0.394 e. The summed E-state index contributed by atoms with van der Waals surface area (Å²) >= 11 is 4.92. The van der Waals surface area contributed by atoms with E-state index in [1.807, 2.05) is 11.4 Å². The van der Waals surface area contributed by atoms with Crippen molar-refractivity contribution >= 4 is 33.0 Å². The normalized spacial score (nSPS) is 12.4. The highest BCUT2D eigenvalue weighted by Crippen LogP contribution is 2.31. The molecule has 0 spiro atoms. The van der Waals surface area contributed by atoms with Gasteiger partial charge in [0.05, 0.1) is 18.3 Å². The van der Waals surface area contributed by atoms with E-state index >= 15 is 0 Å². The summed E-state index contributed by atoms with van der Waals surface area (Å²) in [7, 11) is 0. The molecule has 0 bridgehead atoms. The topological polar surface area (TPSA) is 32.3 Å². The number of thiophene rings is 1. The van der Waals surface area contributed by atoms with E-state index in [-0.39, 0.29) is 18.5 Å². The maximum atomic E-state index is 13.5. The number of halogens is 2. The fraction of sp³-hybridized carbons (Fsp3) is 0.167. The molecule has 0 aliphatic heterocycles. The van der Waals surface area contributed by atoms with Crippen LogP contribution in [0.2, 0.25) is 0 Å². The number of nitrogens with one attached hydrogen (secondary N) is 1. The van der Waals surface area contributed by atoms with Crippen molar-refractivity contribution in [3.8, 4) is 0 Å². The zero-order valence-electron chi connectivity index (χ0n) is 8.86. The molecule has 5 heteroatoms. The van der Waals surface area contributed by atoms with Crippen LogP contribution in [0.3, 0.4) is 0 Å². The van der Waals surface area contributed by atoms with Gasteiger partial charge in [0.2, 0.25) is 0 Å². The van der Waals surface area contributed by atoms with E-state index in [0.29, 0.717) is 5.69 Å². The minimum atomic E-state index is -0.321. The smallest absolute Gasteiger partial charge is 0.146 e. The zero-order valence-corrected chi connectivity index (χ0v) is 11.3. The fourth-order valence-corrected chi connectivity index (χ4v) is 3.21. The lowest BCUT2D eigenvalue weighted by atomic mass is 10.2. The first-order chi connectivity index (χ1) is 8.22. The van der Waals surface area contributed by atoms with Crippen LogP contribution in [-0.2, 0) is 0 Å². The predicted octanol–water partition coefficient (Wildman–Crippen LogP) is 3.80. The molecule has 1 atom stereocenters. The molecule has 0 amide bonds. The van der Waals surface area contributed by atoms with Crippen molar-refractivity contribution < 1.29 is 9.50 Å². The predicted molar refractivity (Wildman–Crippen MR) is 71.9 cm³/mol. The molecule has 2 rings (SSSR count). The Bertz CT molecular complexity index is 503. The lowest BCUT2D eigenvalue weighted by molar-refractivity contribution is 0.277. The molecule has 17 heavy (non-hydrogen) atoms. The van der Waals surface area contributed by atoms with Crippen LogP contribution in [0.1, 0.15) is 10.9 Å². The second kappa shape index (κ2) is 5.62. The quantitative estimate of drug-likeness (QED) is 0.899. The molecule has 90 valence electrons. The van der Waals surface area contributed by atoms with Gasteiger partial charge in [-0.25, -0.2) is 4.39 Å². The first kappa shape index (κ1) is 12.5. The minimum Gasteiger partial charge on any atom is -0.394 e. The van der Waals surface area contributed by atoms with Crippen LogP contribution >= 0.6 is 27.3 Å². The van der Waals surface area contributed by atoms with Crippen LogP contribution in [0.25, 0.3) is 0 Å². The van der Waals surface area contributed by atoms with E-state index in [1.165, 1.54) is 17.4 Å². The van der Waals surface area contributed by atoms with Gasteiger partial charge in [-0.2, -0.15) is 0 Å². The Morgan fingerprint density at radius 2 is 2.12 bits per heavy atom. The number of rotatable bonds is 4. The number of para-hydroxylation sites is 1. The van der Waals surface area contributed by atoms with Gasteiger partial charge in [-0.15, -0.1) is 11.3 Å². The monoisotopic (exact) mass is 315 g/mol. The minimum absolute atomic E-state index is 0.0898. The van der Waals surface area contributed by atoms with Crippen molar-refractivity contribution in [3.63, 3.8) is 0 Å². The molecule has 0 aliphatic rings. The third kappa shape index (κ3) is 2.86. The molecule has 1 heterocycles. The molecule has 0 saturated heterocycles. The van der Waals surface area contributed by atoms with E-state index in [4.69, 9.17) is 0 Å². The number of hydrogen-bond acceptors (Lipinski definition) is 3. The van der Waals surface area contributed by atoms with Crippen molar-refractivity contribution in [1.29, 1.82) is 0 Å². The lowest BCUT2D eigenvalue weighted by Gasteiger charge is -2.17. The molecule has 2 N–H and O–H groups in total. The number of anilines is 1. The number of hydrogen-bond donors (Lipinski definition) is 2. The number of benzene rings is 1. The summed E-state index contributed by atoms with van der Waals surface area (Å²) in [4.78, 5) is 0.954. The van der Waals surface area contributed by atoms with Crippen molar-refractivity contribution in [1.82, 2.24) is 0 Å². The summed E-state index contributed by atoms with van der Waals surface area (Å²) in [6.45, 7) is -0.0898. The van der Waals surface area contributed by atoms with Crippen LogP contribution in [-0.4, -0.2) is 11.7 Å². The van der Waals surface area contributed by atoms with Gasteiger partial charge in [-0.05, 0) is 39.5 Å². The number of aliphatic hydroxyl groups is 1. The van der Waals surface area contributed by atoms with E-state index in [0.717, 1.165) is 9.35 Å². The molecule has 0 saturated carbocycles. The molecule has 1 aromatic heterocycles. The molecular formula is C12H11BrFNOS. The van der Waals surface area contributed by atoms with Gasteiger partial charge < -0.3 is 10.4 Å². The van der Waals surface area contributed by atoms with E-state index < -0.39 is 0 Å². The summed E-state index contributed by atoms with van der Waals surface area (Å²) in [5.41, 5.74) is 0.395. The second-order valence-corrected chi connectivity index (χ2v) is 5.29. The van der Waals surface area contributed by atoms with Gasteiger partial charge in [0, 0.05) is 9.35 Å². The van der Waals surface area contributed by atoms with Crippen molar-refractivity contribution in [2.75, 3.05) is 11.9 Å². The van der Waals surface area contributed by atoms with Crippen LogP contribution in [0.15, 0.2) is 40.2 Å². The summed E-state index contributed by atoms with van der Waals surface area (Å²) in [5, 5.41) is 14.3. The van der Waals surface area contributed by atoms with Crippen LogP contribution in [0.4, 0.5) is 10.1 Å². The third-order valence-electron chi connectivity index (χ3n) is 2.35. The van der Waals surface area contributed by atoms with Crippen molar-refractivity contribution in [2.45, 2.75) is 6.04 Å². The molecule has 1 aromatic carbocycles. The zero-order chi connectivity index (χ0) is 12.3. The van der Waals surface area contributed by atoms with Crippen LogP contribution in [0, 0.1) is 5.82 Å². The van der Waals surface area contributed by atoms with Gasteiger partial charge >= 0.3 is 0 Å². The van der Waals surface area contributed by atoms with Gasteiger partial charge in [0.15, 0.2) is 0 Å². The van der Waals surface area contributed by atoms with Gasteiger partial charge in [0.25, 0.3) is 0 Å². The molecule has 2 nitrogen and oxygen atoms in total. The Morgan fingerprint density at radius 1 is 1.35 bits per heavy atom. The lowest BCUT2D eigenvalue weighted by Crippen LogP contribution is -2.14. The highest BCUT2D eigenvalue weighted by molar-refractivity contribution is 9.10. The first-order valence-corrected chi connectivity index (χ1v) is 6.74. The third-order valence-corrected chi connectivity index (χ3v) is 4.33. The van der Waals surface area contributed by atoms with Crippen LogP contribution < -0.4 is 5.32 Å². The van der Waals surface area contributed by atoms with E-state index in [9.17, 15) is 9.50 Å². The second-order valence-electron chi connectivity index (χ2n) is 3.49. The summed E-state index contributed by atoms with van der Waals surface area (Å²) in [5.74, 6) is -0.321. The van der Waals surface area contributed by atoms with Gasteiger partial charge in [-0.3, -0.25) is 0 Å². The Kier molecular flexibility index (Phi) is 4.15. The van der Waals surface area contributed by atoms with E-state index in [1.54, 1.807) is 18.2 Å². The highest BCUT2D eigenvalue weighted by atomic mass is 79.9. The van der Waals surface area contributed by atoms with Crippen LogP contribution in [0.5, 0.6) is 0 Å². The molecule has 2 aromatic rings. The Hall–Kier alpha value is -0.910. The van der Waals surface area contributed by atoms with Crippen molar-refractivity contribution in [2.24, 2.45) is 0 Å². The SMILES string of the molecule is OCC(Nc1ccccc1F)c1sccc1Br. The average molecular weight is 316 g/mol. The Balaban J connectivity index is 2.22.